The van der Waals surface area contributed by atoms with E-state index in [0.29, 0.717) is 43.0 Å². The van der Waals surface area contributed by atoms with Crippen LogP contribution < -0.4 is 4.90 Å². The van der Waals surface area contributed by atoms with Gasteiger partial charge in [0.15, 0.2) is 0 Å². The van der Waals surface area contributed by atoms with E-state index in [-0.39, 0.29) is 17.3 Å². The van der Waals surface area contributed by atoms with Crippen LogP contribution in [0.5, 0.6) is 0 Å². The molecule has 0 unspecified atom stereocenters. The third kappa shape index (κ3) is 3.90. The van der Waals surface area contributed by atoms with E-state index in [2.05, 4.69) is 10.2 Å². The fourth-order valence-corrected chi connectivity index (χ4v) is 5.27. The van der Waals surface area contributed by atoms with Crippen molar-refractivity contribution >= 4 is 21.6 Å². The van der Waals surface area contributed by atoms with Gasteiger partial charge in [-0.2, -0.15) is 9.40 Å². The average molecular weight is 406 g/mol. The number of anilines is 1. The van der Waals surface area contributed by atoms with Gasteiger partial charge in [0.2, 0.25) is 10.0 Å². The number of aryl methyl sites for hydroxylation is 2. The highest BCUT2D eigenvalue weighted by Crippen LogP contribution is 2.23. The normalized spacial score (nSPS) is 16.1. The lowest BCUT2D eigenvalue weighted by molar-refractivity contribution is 0.0764. The van der Waals surface area contributed by atoms with Crippen molar-refractivity contribution < 1.29 is 13.2 Å². The van der Waals surface area contributed by atoms with Crippen LogP contribution in [-0.2, 0) is 10.0 Å². The molecule has 2 heterocycles. The van der Waals surface area contributed by atoms with Crippen LogP contribution in [0.15, 0.2) is 29.2 Å². The van der Waals surface area contributed by atoms with Crippen LogP contribution in [-0.4, -0.2) is 74.0 Å². The summed E-state index contributed by atoms with van der Waals surface area (Å²) < 4.78 is 27.6. The lowest BCUT2D eigenvalue weighted by Crippen LogP contribution is -2.37. The standard InChI is InChI=1S/C19H27N5O3S/c1-14-18(15(2)21-20-14)28(26,27)24-11-5-10-23(12-13-24)19(25)16-6-8-17(9-7-16)22(3)4/h6-9H,5,10-13H2,1-4H3,(H,20,21). The van der Waals surface area contributed by atoms with Gasteiger partial charge >= 0.3 is 0 Å². The van der Waals surface area contributed by atoms with Crippen molar-refractivity contribution in [1.29, 1.82) is 0 Å². The van der Waals surface area contributed by atoms with Crippen LogP contribution in [0, 0.1) is 13.8 Å². The molecule has 9 heteroatoms. The molecule has 28 heavy (non-hydrogen) atoms. The zero-order valence-corrected chi connectivity index (χ0v) is 17.6. The Labute approximate surface area is 166 Å². The summed E-state index contributed by atoms with van der Waals surface area (Å²) in [7, 11) is 0.261. The Kier molecular flexibility index (Phi) is 5.76. The van der Waals surface area contributed by atoms with Crippen molar-refractivity contribution in [2.24, 2.45) is 0 Å². The summed E-state index contributed by atoms with van der Waals surface area (Å²) in [4.78, 5) is 16.8. The van der Waals surface area contributed by atoms with E-state index >= 15 is 0 Å². The minimum atomic E-state index is -3.64. The predicted octanol–water partition coefficient (Wildman–Crippen LogP) is 1.63. The molecule has 3 rings (SSSR count). The number of aromatic nitrogens is 2. The molecule has 0 bridgehead atoms. The maximum atomic E-state index is 13.0. The first-order valence-electron chi connectivity index (χ1n) is 9.30. The highest BCUT2D eigenvalue weighted by Gasteiger charge is 2.32. The topological polar surface area (TPSA) is 89.6 Å². The molecular formula is C19H27N5O3S. The van der Waals surface area contributed by atoms with Crippen molar-refractivity contribution in [1.82, 2.24) is 19.4 Å². The third-order valence-electron chi connectivity index (χ3n) is 5.03. The Morgan fingerprint density at radius 3 is 2.32 bits per heavy atom. The minimum absolute atomic E-state index is 0.0692. The van der Waals surface area contributed by atoms with Gasteiger partial charge in [0.25, 0.3) is 5.91 Å². The molecule has 1 aromatic heterocycles. The fourth-order valence-electron chi connectivity index (χ4n) is 3.47. The van der Waals surface area contributed by atoms with Gasteiger partial charge in [0.05, 0.1) is 11.4 Å². The second-order valence-electron chi connectivity index (χ2n) is 7.25. The number of hydrogen-bond donors (Lipinski definition) is 1. The lowest BCUT2D eigenvalue weighted by atomic mass is 10.1. The van der Waals surface area contributed by atoms with Crippen molar-refractivity contribution in [3.63, 3.8) is 0 Å². The van der Waals surface area contributed by atoms with Crippen molar-refractivity contribution in [2.45, 2.75) is 25.2 Å². The van der Waals surface area contributed by atoms with E-state index in [1.807, 2.05) is 43.3 Å². The second kappa shape index (κ2) is 7.92. The predicted molar refractivity (Wildman–Crippen MR) is 108 cm³/mol. The van der Waals surface area contributed by atoms with Gasteiger partial charge in [0.1, 0.15) is 4.90 Å². The highest BCUT2D eigenvalue weighted by molar-refractivity contribution is 7.89. The van der Waals surface area contributed by atoms with E-state index in [0.717, 1.165) is 5.69 Å². The second-order valence-corrected chi connectivity index (χ2v) is 9.13. The Hall–Kier alpha value is -2.39. The van der Waals surface area contributed by atoms with Gasteiger partial charge in [0, 0.05) is 51.5 Å². The maximum Gasteiger partial charge on any atom is 0.253 e. The number of H-pyrrole nitrogens is 1. The fraction of sp³-hybridized carbons (Fsp3) is 0.474. The maximum absolute atomic E-state index is 13.0. The number of aromatic amines is 1. The summed E-state index contributed by atoms with van der Waals surface area (Å²) in [6.07, 6.45) is 0.594. The zero-order chi connectivity index (χ0) is 20.5. The van der Waals surface area contributed by atoms with Crippen molar-refractivity contribution in [2.75, 3.05) is 45.2 Å². The Morgan fingerprint density at radius 1 is 1.07 bits per heavy atom. The molecule has 0 saturated carbocycles. The van der Waals surface area contributed by atoms with Crippen LogP contribution in [0.4, 0.5) is 5.69 Å². The number of benzene rings is 1. The highest BCUT2D eigenvalue weighted by atomic mass is 32.2. The summed E-state index contributed by atoms with van der Waals surface area (Å²) in [5.41, 5.74) is 2.64. The van der Waals surface area contributed by atoms with E-state index < -0.39 is 10.0 Å². The molecular weight excluding hydrogens is 378 g/mol. The first-order valence-corrected chi connectivity index (χ1v) is 10.7. The smallest absolute Gasteiger partial charge is 0.253 e. The molecule has 1 fully saturated rings. The van der Waals surface area contributed by atoms with E-state index in [9.17, 15) is 13.2 Å². The van der Waals surface area contributed by atoms with Crippen molar-refractivity contribution in [3.05, 3.63) is 41.2 Å². The Balaban J connectivity index is 1.73. The summed E-state index contributed by atoms with van der Waals surface area (Å²) in [6.45, 7) is 4.94. The molecule has 0 aliphatic carbocycles. The summed E-state index contributed by atoms with van der Waals surface area (Å²) >= 11 is 0. The van der Waals surface area contributed by atoms with Crippen LogP contribution in [0.25, 0.3) is 0 Å². The monoisotopic (exact) mass is 405 g/mol. The van der Waals surface area contributed by atoms with Crippen LogP contribution in [0.3, 0.4) is 0 Å². The molecule has 1 amide bonds. The molecule has 1 N–H and O–H groups in total. The first-order chi connectivity index (χ1) is 13.2. The summed E-state index contributed by atoms with van der Waals surface area (Å²) in [5.74, 6) is -0.0692. The van der Waals surface area contributed by atoms with Crippen LogP contribution >= 0.6 is 0 Å². The molecule has 152 valence electrons. The molecule has 0 radical (unpaired) electrons. The molecule has 0 atom stereocenters. The Bertz CT molecular complexity index is 931. The van der Waals surface area contributed by atoms with E-state index in [1.54, 1.807) is 18.7 Å². The first kappa shape index (κ1) is 20.3. The SMILES string of the molecule is Cc1n[nH]c(C)c1S(=O)(=O)N1CCCN(C(=O)c2ccc(N(C)C)cc2)CC1. The number of carbonyl (C=O) groups excluding carboxylic acids is 1. The van der Waals surface area contributed by atoms with Crippen LogP contribution in [0.2, 0.25) is 0 Å². The molecule has 1 saturated heterocycles. The minimum Gasteiger partial charge on any atom is -0.378 e. The largest absolute Gasteiger partial charge is 0.378 e. The summed E-state index contributed by atoms with van der Waals surface area (Å²) in [6, 6.07) is 7.45. The number of carbonyl (C=O) groups is 1. The summed E-state index contributed by atoms with van der Waals surface area (Å²) in [5, 5.41) is 6.74. The van der Waals surface area contributed by atoms with Crippen molar-refractivity contribution in [3.8, 4) is 0 Å². The number of hydrogen-bond acceptors (Lipinski definition) is 5. The van der Waals surface area contributed by atoms with Gasteiger partial charge in [-0.3, -0.25) is 9.89 Å². The van der Waals surface area contributed by atoms with Gasteiger partial charge in [-0.05, 0) is 44.5 Å². The van der Waals surface area contributed by atoms with Gasteiger partial charge < -0.3 is 9.80 Å². The molecule has 2 aromatic rings. The number of nitrogens with one attached hydrogen (secondary N) is 1. The number of nitrogens with zero attached hydrogens (tertiary/aromatic N) is 4. The quantitative estimate of drug-likeness (QED) is 0.835. The molecule has 0 spiro atoms. The zero-order valence-electron chi connectivity index (χ0n) is 16.8. The Morgan fingerprint density at radius 2 is 1.75 bits per heavy atom. The number of amides is 1. The number of rotatable bonds is 4. The lowest BCUT2D eigenvalue weighted by Gasteiger charge is -2.22. The number of sulfonamides is 1. The molecule has 1 aliphatic heterocycles. The average Bonchev–Trinajstić information content (AvgIpc) is 2.86. The molecule has 8 nitrogen and oxygen atoms in total. The van der Waals surface area contributed by atoms with E-state index in [4.69, 9.17) is 0 Å². The van der Waals surface area contributed by atoms with Crippen LogP contribution in [0.1, 0.15) is 28.2 Å². The third-order valence-corrected chi connectivity index (χ3v) is 7.19. The van der Waals surface area contributed by atoms with E-state index in [1.165, 1.54) is 4.31 Å². The van der Waals surface area contributed by atoms with Gasteiger partial charge in [-0.15, -0.1) is 0 Å². The molecule has 1 aromatic carbocycles. The van der Waals surface area contributed by atoms with Gasteiger partial charge in [-0.1, -0.05) is 0 Å². The van der Waals surface area contributed by atoms with Gasteiger partial charge in [-0.25, -0.2) is 8.42 Å². The molecule has 1 aliphatic rings.